The first kappa shape index (κ1) is 18.0. The van der Waals surface area contributed by atoms with Gasteiger partial charge in [-0.05, 0) is 42.7 Å². The number of carbonyl (C=O) groups is 2. The summed E-state index contributed by atoms with van der Waals surface area (Å²) in [6, 6.07) is 11.7. The van der Waals surface area contributed by atoms with Gasteiger partial charge in [0.15, 0.2) is 0 Å². The third-order valence-electron chi connectivity index (χ3n) is 3.68. The van der Waals surface area contributed by atoms with Crippen molar-refractivity contribution in [2.75, 3.05) is 0 Å². The first-order valence-electron chi connectivity index (χ1n) is 7.91. The number of rotatable bonds is 7. The summed E-state index contributed by atoms with van der Waals surface area (Å²) < 4.78 is 5.28. The van der Waals surface area contributed by atoms with E-state index in [2.05, 4.69) is 6.92 Å². The predicted octanol–water partition coefficient (Wildman–Crippen LogP) is 4.39. The van der Waals surface area contributed by atoms with Gasteiger partial charge >= 0.3 is 5.97 Å². The van der Waals surface area contributed by atoms with Crippen LogP contribution >= 0.6 is 11.6 Å². The molecule has 0 spiro atoms. The van der Waals surface area contributed by atoms with Gasteiger partial charge in [-0.25, -0.2) is 4.79 Å². The maximum atomic E-state index is 12.2. The van der Waals surface area contributed by atoms with E-state index in [1.807, 2.05) is 12.1 Å². The monoisotopic (exact) mass is 345 g/mol. The molecule has 2 rings (SSSR count). The fourth-order valence-electron chi connectivity index (χ4n) is 2.31. The van der Waals surface area contributed by atoms with Crippen molar-refractivity contribution in [2.24, 2.45) is 5.73 Å². The van der Waals surface area contributed by atoms with Gasteiger partial charge in [0.25, 0.3) is 0 Å². The zero-order valence-corrected chi connectivity index (χ0v) is 14.3. The minimum Gasteiger partial charge on any atom is -0.423 e. The van der Waals surface area contributed by atoms with Gasteiger partial charge in [-0.1, -0.05) is 43.5 Å². The molecular weight excluding hydrogens is 326 g/mol. The van der Waals surface area contributed by atoms with Crippen LogP contribution in [0.4, 0.5) is 0 Å². The van der Waals surface area contributed by atoms with Crippen molar-refractivity contribution < 1.29 is 14.3 Å². The Balaban J connectivity index is 2.01. The van der Waals surface area contributed by atoms with E-state index in [1.165, 1.54) is 36.6 Å². The molecule has 0 unspecified atom stereocenters. The third kappa shape index (κ3) is 4.83. The lowest BCUT2D eigenvalue weighted by Gasteiger charge is -2.07. The van der Waals surface area contributed by atoms with Crippen LogP contribution in [0.5, 0.6) is 5.75 Å². The molecule has 2 aromatic rings. The lowest BCUT2D eigenvalue weighted by atomic mass is 10.1. The Labute approximate surface area is 146 Å². The molecule has 126 valence electrons. The average Bonchev–Trinajstić information content (AvgIpc) is 2.55. The first-order valence-corrected chi connectivity index (χ1v) is 8.29. The van der Waals surface area contributed by atoms with Crippen molar-refractivity contribution in [3.05, 3.63) is 64.2 Å². The van der Waals surface area contributed by atoms with Gasteiger partial charge < -0.3 is 10.5 Å². The minimum absolute atomic E-state index is 0.152. The summed E-state index contributed by atoms with van der Waals surface area (Å²) in [5.74, 6) is -0.837. The molecule has 0 aliphatic carbocycles. The van der Waals surface area contributed by atoms with E-state index in [0.29, 0.717) is 5.56 Å². The summed E-state index contributed by atoms with van der Waals surface area (Å²) >= 11 is 5.94. The van der Waals surface area contributed by atoms with Gasteiger partial charge in [-0.15, -0.1) is 0 Å². The lowest BCUT2D eigenvalue weighted by Crippen LogP contribution is -2.12. The van der Waals surface area contributed by atoms with Crippen LogP contribution in [0.1, 0.15) is 52.5 Å². The SMILES string of the molecule is CCCCCc1ccc(C(=O)Oc2ccc(C(N)=O)c(Cl)c2)cc1. The maximum absolute atomic E-state index is 12.2. The van der Waals surface area contributed by atoms with E-state index < -0.39 is 11.9 Å². The highest BCUT2D eigenvalue weighted by molar-refractivity contribution is 6.33. The predicted molar refractivity (Wildman–Crippen MR) is 94.6 cm³/mol. The van der Waals surface area contributed by atoms with Crippen molar-refractivity contribution in [1.29, 1.82) is 0 Å². The van der Waals surface area contributed by atoms with E-state index in [0.717, 1.165) is 12.8 Å². The molecule has 0 fully saturated rings. The molecule has 0 bridgehead atoms. The van der Waals surface area contributed by atoms with E-state index in [4.69, 9.17) is 22.1 Å². The molecule has 0 aliphatic rings. The van der Waals surface area contributed by atoms with E-state index in [-0.39, 0.29) is 16.3 Å². The first-order chi connectivity index (χ1) is 11.5. The van der Waals surface area contributed by atoms with Crippen molar-refractivity contribution in [1.82, 2.24) is 0 Å². The van der Waals surface area contributed by atoms with Gasteiger partial charge in [0.1, 0.15) is 5.75 Å². The van der Waals surface area contributed by atoms with Gasteiger partial charge in [-0.3, -0.25) is 4.79 Å². The number of hydrogen-bond acceptors (Lipinski definition) is 3. The highest BCUT2D eigenvalue weighted by Crippen LogP contribution is 2.23. The molecule has 0 saturated carbocycles. The number of aryl methyl sites for hydroxylation is 1. The van der Waals surface area contributed by atoms with Crippen molar-refractivity contribution >= 4 is 23.5 Å². The standard InChI is InChI=1S/C19H20ClNO3/c1-2-3-4-5-13-6-8-14(9-7-13)19(23)24-15-10-11-16(18(21)22)17(20)12-15/h6-12H,2-5H2,1H3,(H2,21,22). The highest BCUT2D eigenvalue weighted by atomic mass is 35.5. The van der Waals surface area contributed by atoms with Crippen molar-refractivity contribution in [3.8, 4) is 5.75 Å². The molecule has 0 saturated heterocycles. The Hall–Kier alpha value is -2.33. The summed E-state index contributed by atoms with van der Waals surface area (Å²) in [4.78, 5) is 23.3. The van der Waals surface area contributed by atoms with Crippen LogP contribution in [0.3, 0.4) is 0 Å². The number of amides is 1. The summed E-state index contributed by atoms with van der Waals surface area (Å²) in [5.41, 5.74) is 7.04. The molecule has 5 heteroatoms. The number of carbonyl (C=O) groups excluding carboxylic acids is 2. The van der Waals surface area contributed by atoms with Crippen LogP contribution in [0.2, 0.25) is 5.02 Å². The van der Waals surface area contributed by atoms with Crippen LogP contribution in [0.15, 0.2) is 42.5 Å². The van der Waals surface area contributed by atoms with E-state index in [9.17, 15) is 9.59 Å². The number of hydrogen-bond donors (Lipinski definition) is 1. The minimum atomic E-state index is -0.628. The second-order valence-electron chi connectivity index (χ2n) is 5.55. The fourth-order valence-corrected chi connectivity index (χ4v) is 2.58. The maximum Gasteiger partial charge on any atom is 0.343 e. The Morgan fingerprint density at radius 3 is 2.38 bits per heavy atom. The molecule has 0 aliphatic heterocycles. The zero-order valence-electron chi connectivity index (χ0n) is 13.5. The van der Waals surface area contributed by atoms with Crippen LogP contribution < -0.4 is 10.5 Å². The zero-order chi connectivity index (χ0) is 17.5. The fraction of sp³-hybridized carbons (Fsp3) is 0.263. The summed E-state index contributed by atoms with van der Waals surface area (Å²) in [6.45, 7) is 2.17. The number of halogens is 1. The number of primary amides is 1. The van der Waals surface area contributed by atoms with Crippen LogP contribution in [0.25, 0.3) is 0 Å². The lowest BCUT2D eigenvalue weighted by molar-refractivity contribution is 0.0734. The highest BCUT2D eigenvalue weighted by Gasteiger charge is 2.12. The second kappa shape index (κ2) is 8.50. The molecule has 1 amide bonds. The Bertz CT molecular complexity index is 726. The third-order valence-corrected chi connectivity index (χ3v) is 3.99. The van der Waals surface area contributed by atoms with E-state index >= 15 is 0 Å². The molecule has 2 aromatic carbocycles. The molecule has 24 heavy (non-hydrogen) atoms. The van der Waals surface area contributed by atoms with Gasteiger partial charge in [0.05, 0.1) is 16.1 Å². The van der Waals surface area contributed by atoms with Crippen molar-refractivity contribution in [3.63, 3.8) is 0 Å². The summed E-state index contributed by atoms with van der Waals surface area (Å²) in [5, 5.41) is 0.152. The van der Waals surface area contributed by atoms with Crippen molar-refractivity contribution in [2.45, 2.75) is 32.6 Å². The van der Waals surface area contributed by atoms with Crippen LogP contribution in [-0.4, -0.2) is 11.9 Å². The summed E-state index contributed by atoms with van der Waals surface area (Å²) in [6.07, 6.45) is 4.53. The van der Waals surface area contributed by atoms with Crippen LogP contribution in [0, 0.1) is 0 Å². The Kier molecular flexibility index (Phi) is 6.38. The van der Waals surface area contributed by atoms with Gasteiger partial charge in [0, 0.05) is 6.07 Å². The number of nitrogens with two attached hydrogens (primary N) is 1. The molecule has 4 nitrogen and oxygen atoms in total. The smallest absolute Gasteiger partial charge is 0.343 e. The van der Waals surface area contributed by atoms with Gasteiger partial charge in [-0.2, -0.15) is 0 Å². The average molecular weight is 346 g/mol. The van der Waals surface area contributed by atoms with E-state index in [1.54, 1.807) is 12.1 Å². The molecule has 0 radical (unpaired) electrons. The Morgan fingerprint density at radius 1 is 1.08 bits per heavy atom. The molecule has 2 N–H and O–H groups in total. The number of unbranched alkanes of at least 4 members (excludes halogenated alkanes) is 2. The number of esters is 1. The second-order valence-corrected chi connectivity index (χ2v) is 5.96. The molecule has 0 aromatic heterocycles. The quantitative estimate of drug-likeness (QED) is 0.459. The Morgan fingerprint density at radius 2 is 1.79 bits per heavy atom. The molecule has 0 heterocycles. The summed E-state index contributed by atoms with van der Waals surface area (Å²) in [7, 11) is 0. The largest absolute Gasteiger partial charge is 0.423 e. The van der Waals surface area contributed by atoms with Crippen LogP contribution in [-0.2, 0) is 6.42 Å². The topological polar surface area (TPSA) is 69.4 Å². The van der Waals surface area contributed by atoms with Gasteiger partial charge in [0.2, 0.25) is 5.91 Å². The molecular formula is C19H20ClNO3. The normalized spacial score (nSPS) is 10.4. The number of ether oxygens (including phenoxy) is 1. The number of benzene rings is 2. The molecule has 0 atom stereocenters.